The van der Waals surface area contributed by atoms with Gasteiger partial charge in [0, 0.05) is 0 Å². The molecule has 0 bridgehead atoms. The number of hydrogen-bond donors (Lipinski definition) is 1. The molecule has 1 aromatic carbocycles. The first-order valence-electron chi connectivity index (χ1n) is 4.97. The fourth-order valence-electron chi connectivity index (χ4n) is 1.62. The number of aromatic nitrogens is 2. The molecule has 5 heteroatoms. The molecule has 3 nitrogen and oxygen atoms in total. The van der Waals surface area contributed by atoms with Gasteiger partial charge in [-0.1, -0.05) is 0 Å². The third-order valence-electron chi connectivity index (χ3n) is 2.45. The Morgan fingerprint density at radius 2 is 2.00 bits per heavy atom. The summed E-state index contributed by atoms with van der Waals surface area (Å²) in [5, 5.41) is 0.716. The minimum absolute atomic E-state index is 0.0189. The molecule has 0 unspecified atom stereocenters. The predicted molar refractivity (Wildman–Crippen MR) is 69.7 cm³/mol. The van der Waals surface area contributed by atoms with Crippen molar-refractivity contribution in [2.75, 3.05) is 0 Å². The summed E-state index contributed by atoms with van der Waals surface area (Å²) in [5.41, 5.74) is 1.86. The quantitative estimate of drug-likeness (QED) is 0.701. The Bertz CT molecular complexity index is 730. The zero-order valence-corrected chi connectivity index (χ0v) is 11.1. The molecule has 0 spiro atoms. The van der Waals surface area contributed by atoms with E-state index in [1.807, 2.05) is 30.3 Å². The normalized spacial score (nSPS) is 10.9. The fourth-order valence-corrected chi connectivity index (χ4v) is 3.87. The molecule has 0 aliphatic rings. The van der Waals surface area contributed by atoms with Crippen LogP contribution in [0, 0.1) is 0 Å². The Labute approximate surface area is 108 Å². The van der Waals surface area contributed by atoms with Crippen molar-refractivity contribution < 1.29 is 0 Å². The Hall–Kier alpha value is -1.35. The summed E-state index contributed by atoms with van der Waals surface area (Å²) in [6, 6.07) is 9.63. The van der Waals surface area contributed by atoms with E-state index in [-0.39, 0.29) is 20.1 Å². The van der Waals surface area contributed by atoms with E-state index in [4.69, 9.17) is 11.6 Å². The first-order valence-corrected chi connectivity index (χ1v) is 7.06. The van der Waals surface area contributed by atoms with Crippen molar-refractivity contribution in [1.29, 1.82) is 0 Å². The van der Waals surface area contributed by atoms with Crippen LogP contribution in [0.4, 0.5) is 0 Å². The van der Waals surface area contributed by atoms with Crippen molar-refractivity contribution in [3.05, 3.63) is 52.0 Å². The van der Waals surface area contributed by atoms with Crippen LogP contribution in [0.5, 0.6) is 0 Å². The maximum atomic E-state index is 11.6. The van der Waals surface area contributed by atoms with Gasteiger partial charge in [-0.15, -0.1) is 0 Å². The number of nitrogens with zero attached hydrogens (tertiary/aromatic N) is 1. The SMILES string of the molecule is O=c1[nH]cnc2cc(-c3ccc(Cl)cc3)[se]c12. The number of nitrogens with one attached hydrogen (secondary N) is 1. The van der Waals surface area contributed by atoms with Crippen LogP contribution in [-0.4, -0.2) is 24.5 Å². The summed E-state index contributed by atoms with van der Waals surface area (Å²) >= 11 is 5.87. The first-order chi connectivity index (χ1) is 8.24. The Kier molecular flexibility index (Phi) is 2.63. The molecule has 0 radical (unpaired) electrons. The molecule has 0 amide bonds. The number of H-pyrrole nitrogens is 1. The average molecular weight is 310 g/mol. The van der Waals surface area contributed by atoms with Crippen LogP contribution in [0.15, 0.2) is 41.5 Å². The van der Waals surface area contributed by atoms with Gasteiger partial charge in [0.25, 0.3) is 0 Å². The van der Waals surface area contributed by atoms with Gasteiger partial charge >= 0.3 is 108 Å². The molecule has 0 saturated heterocycles. The zero-order chi connectivity index (χ0) is 11.8. The monoisotopic (exact) mass is 310 g/mol. The molecule has 2 heterocycles. The summed E-state index contributed by atoms with van der Waals surface area (Å²) in [6.07, 6.45) is 1.44. The summed E-state index contributed by atoms with van der Waals surface area (Å²) in [5.74, 6) is 0. The average Bonchev–Trinajstić information content (AvgIpc) is 2.75. The number of hydrogen-bond acceptors (Lipinski definition) is 2. The fraction of sp³-hybridized carbons (Fsp3) is 0. The third kappa shape index (κ3) is 1.95. The topological polar surface area (TPSA) is 45.8 Å². The van der Waals surface area contributed by atoms with E-state index in [1.54, 1.807) is 0 Å². The summed E-state index contributed by atoms with van der Waals surface area (Å²) in [7, 11) is 0. The van der Waals surface area contributed by atoms with Crippen molar-refractivity contribution in [3.8, 4) is 10.0 Å². The number of rotatable bonds is 1. The van der Waals surface area contributed by atoms with Crippen molar-refractivity contribution in [2.24, 2.45) is 0 Å². The molecule has 0 fully saturated rings. The van der Waals surface area contributed by atoms with E-state index >= 15 is 0 Å². The summed E-state index contributed by atoms with van der Waals surface area (Å²) in [4.78, 5) is 18.4. The molecule has 84 valence electrons. The van der Waals surface area contributed by atoms with Crippen LogP contribution in [0.25, 0.3) is 19.8 Å². The van der Waals surface area contributed by atoms with Crippen LogP contribution in [0.3, 0.4) is 0 Å². The van der Waals surface area contributed by atoms with Gasteiger partial charge in [-0.3, -0.25) is 0 Å². The van der Waals surface area contributed by atoms with E-state index in [0.29, 0.717) is 5.02 Å². The van der Waals surface area contributed by atoms with Gasteiger partial charge in [0.2, 0.25) is 0 Å². The van der Waals surface area contributed by atoms with E-state index in [2.05, 4.69) is 9.97 Å². The standard InChI is InChI=1S/C12H7ClN2OSe/c13-8-3-1-7(2-4-8)10-5-9-11(17-10)12(16)15-6-14-9/h1-6H,(H,14,15,16). The van der Waals surface area contributed by atoms with E-state index in [9.17, 15) is 4.79 Å². The van der Waals surface area contributed by atoms with Gasteiger partial charge in [0.15, 0.2) is 0 Å². The second-order valence-electron chi connectivity index (χ2n) is 3.56. The van der Waals surface area contributed by atoms with Crippen LogP contribution >= 0.6 is 11.6 Å². The Morgan fingerprint density at radius 1 is 1.24 bits per heavy atom. The van der Waals surface area contributed by atoms with Crippen molar-refractivity contribution >= 4 is 35.9 Å². The van der Waals surface area contributed by atoms with E-state index < -0.39 is 0 Å². The molecule has 3 rings (SSSR count). The van der Waals surface area contributed by atoms with Crippen LogP contribution in [0.2, 0.25) is 5.02 Å². The molecule has 0 saturated carbocycles. The van der Waals surface area contributed by atoms with Crippen LogP contribution in [-0.2, 0) is 0 Å². The van der Waals surface area contributed by atoms with Crippen molar-refractivity contribution in [3.63, 3.8) is 0 Å². The predicted octanol–water partition coefficient (Wildman–Crippen LogP) is 2.30. The number of halogens is 1. The van der Waals surface area contributed by atoms with Crippen molar-refractivity contribution in [2.45, 2.75) is 0 Å². The van der Waals surface area contributed by atoms with Crippen LogP contribution < -0.4 is 5.56 Å². The summed E-state index contributed by atoms with van der Waals surface area (Å²) < 4.78 is 1.96. The Morgan fingerprint density at radius 3 is 2.71 bits per heavy atom. The van der Waals surface area contributed by atoms with Gasteiger partial charge in [-0.05, 0) is 0 Å². The van der Waals surface area contributed by atoms with Gasteiger partial charge in [-0.25, -0.2) is 0 Å². The molecule has 0 aliphatic heterocycles. The minimum atomic E-state index is -0.0322. The molecule has 0 atom stereocenters. The summed E-state index contributed by atoms with van der Waals surface area (Å²) in [6.45, 7) is 0. The molecule has 2 aromatic heterocycles. The third-order valence-corrected chi connectivity index (χ3v) is 5.16. The molecule has 17 heavy (non-hydrogen) atoms. The molecule has 1 N–H and O–H groups in total. The zero-order valence-electron chi connectivity index (χ0n) is 8.61. The van der Waals surface area contributed by atoms with Crippen molar-refractivity contribution in [1.82, 2.24) is 9.97 Å². The van der Waals surface area contributed by atoms with Gasteiger partial charge in [-0.2, -0.15) is 0 Å². The molecular weight excluding hydrogens is 303 g/mol. The van der Waals surface area contributed by atoms with E-state index in [1.165, 1.54) is 6.33 Å². The number of fused-ring (bicyclic) bond motifs is 1. The second kappa shape index (κ2) is 4.15. The molecule has 3 aromatic rings. The second-order valence-corrected chi connectivity index (χ2v) is 6.21. The number of benzene rings is 1. The van der Waals surface area contributed by atoms with E-state index in [0.717, 1.165) is 19.8 Å². The van der Waals surface area contributed by atoms with Crippen LogP contribution in [0.1, 0.15) is 0 Å². The maximum absolute atomic E-state index is 11.6. The van der Waals surface area contributed by atoms with Gasteiger partial charge in [0.1, 0.15) is 0 Å². The first kappa shape index (κ1) is 10.8. The molecule has 0 aliphatic carbocycles. The van der Waals surface area contributed by atoms with Gasteiger partial charge < -0.3 is 0 Å². The van der Waals surface area contributed by atoms with Gasteiger partial charge in [0.05, 0.1) is 0 Å². The molecular formula is C12H7ClN2OSe. The Balaban J connectivity index is 2.21. The number of aromatic amines is 1.